The van der Waals surface area contributed by atoms with Gasteiger partial charge in [0.1, 0.15) is 0 Å². The third-order valence-electron chi connectivity index (χ3n) is 2.20. The minimum atomic E-state index is -0.252. The fourth-order valence-corrected chi connectivity index (χ4v) is 2.30. The summed E-state index contributed by atoms with van der Waals surface area (Å²) >= 11 is 7.53. The van der Waals surface area contributed by atoms with E-state index in [4.69, 9.17) is 11.6 Å². The number of nitrogens with zero attached hydrogens (tertiary/aromatic N) is 1. The molecule has 17 heavy (non-hydrogen) atoms. The highest BCUT2D eigenvalue weighted by molar-refractivity contribution is 8.14. The van der Waals surface area contributed by atoms with E-state index in [0.29, 0.717) is 16.7 Å². The van der Waals surface area contributed by atoms with Crippen molar-refractivity contribution in [3.8, 4) is 0 Å². The van der Waals surface area contributed by atoms with Gasteiger partial charge in [0.05, 0.1) is 6.54 Å². The molecule has 0 radical (unpaired) electrons. The van der Waals surface area contributed by atoms with Crippen molar-refractivity contribution in [1.29, 1.82) is 0 Å². The molecular weight excluding hydrogens is 258 g/mol. The molecule has 90 valence electrons. The Kier molecular flexibility index (Phi) is 4.28. The zero-order valence-electron chi connectivity index (χ0n) is 9.07. The Bertz CT molecular complexity index is 450. The second-order valence-electron chi connectivity index (χ2n) is 3.43. The number of hydrogen-bond acceptors (Lipinski definition) is 3. The van der Waals surface area contributed by atoms with Crippen LogP contribution in [0.1, 0.15) is 5.56 Å². The summed E-state index contributed by atoms with van der Waals surface area (Å²) in [6.07, 6.45) is 0. The van der Waals surface area contributed by atoms with Gasteiger partial charge >= 0.3 is 6.03 Å². The number of urea groups is 1. The zero-order chi connectivity index (χ0) is 12.1. The van der Waals surface area contributed by atoms with Gasteiger partial charge in [0, 0.05) is 17.3 Å². The molecule has 4 nitrogen and oxygen atoms in total. The van der Waals surface area contributed by atoms with Crippen molar-refractivity contribution in [2.24, 2.45) is 4.99 Å². The quantitative estimate of drug-likeness (QED) is 0.865. The lowest BCUT2D eigenvalue weighted by Gasteiger charge is -2.07. The van der Waals surface area contributed by atoms with Crippen LogP contribution in [0.5, 0.6) is 0 Å². The summed E-state index contributed by atoms with van der Waals surface area (Å²) in [4.78, 5) is 15.7. The van der Waals surface area contributed by atoms with E-state index in [2.05, 4.69) is 15.6 Å². The molecule has 0 saturated carbocycles. The summed E-state index contributed by atoms with van der Waals surface area (Å²) in [7, 11) is 0. The Balaban J connectivity index is 1.82. The Morgan fingerprint density at radius 2 is 2.29 bits per heavy atom. The molecule has 0 aliphatic carbocycles. The predicted molar refractivity (Wildman–Crippen MR) is 71.6 cm³/mol. The molecule has 2 rings (SSSR count). The van der Waals surface area contributed by atoms with Gasteiger partial charge in [-0.2, -0.15) is 0 Å². The largest absolute Gasteiger partial charge is 0.334 e. The summed E-state index contributed by atoms with van der Waals surface area (Å²) in [5.41, 5.74) is 0.894. The number of halogens is 1. The number of amides is 2. The average Bonchev–Trinajstić information content (AvgIpc) is 2.81. The monoisotopic (exact) mass is 269 g/mol. The van der Waals surface area contributed by atoms with Crippen LogP contribution in [0.4, 0.5) is 4.79 Å². The smallest absolute Gasteiger partial charge is 0.321 e. The minimum Gasteiger partial charge on any atom is -0.334 e. The Labute approximate surface area is 109 Å². The number of carbonyl (C=O) groups is 1. The lowest BCUT2D eigenvalue weighted by molar-refractivity contribution is 0.245. The van der Waals surface area contributed by atoms with Crippen LogP contribution in [0.25, 0.3) is 0 Å². The van der Waals surface area contributed by atoms with Crippen LogP contribution in [-0.4, -0.2) is 23.5 Å². The van der Waals surface area contributed by atoms with Crippen molar-refractivity contribution in [2.75, 3.05) is 12.3 Å². The minimum absolute atomic E-state index is 0.252. The fourth-order valence-electron chi connectivity index (χ4n) is 1.37. The molecule has 0 saturated heterocycles. The van der Waals surface area contributed by atoms with Gasteiger partial charge in [-0.15, -0.1) is 0 Å². The molecule has 1 aliphatic heterocycles. The first-order chi connectivity index (χ1) is 8.25. The van der Waals surface area contributed by atoms with Crippen LogP contribution in [0.2, 0.25) is 5.02 Å². The Morgan fingerprint density at radius 1 is 1.47 bits per heavy atom. The van der Waals surface area contributed by atoms with Crippen molar-refractivity contribution in [3.05, 3.63) is 34.9 Å². The lowest BCUT2D eigenvalue weighted by Crippen LogP contribution is -2.37. The fraction of sp³-hybridized carbons (Fsp3) is 0.273. The molecule has 0 aromatic heterocycles. The van der Waals surface area contributed by atoms with Gasteiger partial charge in [0.2, 0.25) is 0 Å². The highest BCUT2D eigenvalue weighted by Gasteiger charge is 2.10. The SMILES string of the molecule is O=C(NCc1ccccc1Cl)NC1=NCCS1. The van der Waals surface area contributed by atoms with Crippen LogP contribution < -0.4 is 10.6 Å². The number of nitrogens with one attached hydrogen (secondary N) is 2. The van der Waals surface area contributed by atoms with Gasteiger partial charge < -0.3 is 5.32 Å². The normalized spacial score (nSPS) is 14.3. The van der Waals surface area contributed by atoms with Gasteiger partial charge in [-0.3, -0.25) is 10.3 Å². The molecule has 0 fully saturated rings. The number of amidine groups is 1. The lowest BCUT2D eigenvalue weighted by atomic mass is 10.2. The summed E-state index contributed by atoms with van der Waals surface area (Å²) in [6, 6.07) is 7.17. The van der Waals surface area contributed by atoms with Gasteiger partial charge in [-0.25, -0.2) is 4.79 Å². The highest BCUT2D eigenvalue weighted by Crippen LogP contribution is 2.14. The van der Waals surface area contributed by atoms with E-state index in [-0.39, 0.29) is 6.03 Å². The molecule has 2 amide bonds. The van der Waals surface area contributed by atoms with Crippen molar-refractivity contribution in [1.82, 2.24) is 10.6 Å². The first-order valence-corrected chi connectivity index (χ1v) is 6.57. The highest BCUT2D eigenvalue weighted by atomic mass is 35.5. The van der Waals surface area contributed by atoms with Crippen LogP contribution in [0.15, 0.2) is 29.3 Å². The average molecular weight is 270 g/mol. The predicted octanol–water partition coefficient (Wildman–Crippen LogP) is 2.24. The Hall–Kier alpha value is -1.20. The first-order valence-electron chi connectivity index (χ1n) is 5.21. The number of hydrogen-bond donors (Lipinski definition) is 2. The summed E-state index contributed by atoms with van der Waals surface area (Å²) < 4.78 is 0. The van der Waals surface area contributed by atoms with E-state index < -0.39 is 0 Å². The number of thioether (sulfide) groups is 1. The summed E-state index contributed by atoms with van der Waals surface area (Å²) in [5.74, 6) is 0.931. The molecular formula is C11H12ClN3OS. The molecule has 0 atom stereocenters. The maximum absolute atomic E-state index is 11.5. The van der Waals surface area contributed by atoms with Crippen molar-refractivity contribution in [3.63, 3.8) is 0 Å². The number of aliphatic imine (C=N–C) groups is 1. The molecule has 1 aromatic carbocycles. The topological polar surface area (TPSA) is 53.5 Å². The summed E-state index contributed by atoms with van der Waals surface area (Å²) in [6.45, 7) is 1.17. The van der Waals surface area contributed by atoms with Crippen molar-refractivity contribution in [2.45, 2.75) is 6.54 Å². The third kappa shape index (κ3) is 3.64. The second kappa shape index (κ2) is 5.93. The molecule has 0 bridgehead atoms. The number of carbonyl (C=O) groups excluding carboxylic acids is 1. The molecule has 0 spiro atoms. The van der Waals surface area contributed by atoms with E-state index in [1.54, 1.807) is 17.8 Å². The Morgan fingerprint density at radius 3 is 3.00 bits per heavy atom. The van der Waals surface area contributed by atoms with Crippen LogP contribution in [0, 0.1) is 0 Å². The molecule has 6 heteroatoms. The molecule has 2 N–H and O–H groups in total. The van der Waals surface area contributed by atoms with Crippen molar-refractivity contribution < 1.29 is 4.79 Å². The van der Waals surface area contributed by atoms with Crippen LogP contribution in [0.3, 0.4) is 0 Å². The van der Waals surface area contributed by atoms with E-state index in [0.717, 1.165) is 17.9 Å². The number of benzene rings is 1. The van der Waals surface area contributed by atoms with Crippen molar-refractivity contribution >= 4 is 34.6 Å². The second-order valence-corrected chi connectivity index (χ2v) is 4.93. The van der Waals surface area contributed by atoms with E-state index in [1.165, 1.54) is 0 Å². The number of rotatable bonds is 2. The van der Waals surface area contributed by atoms with E-state index in [1.807, 2.05) is 18.2 Å². The molecule has 1 heterocycles. The van der Waals surface area contributed by atoms with E-state index in [9.17, 15) is 4.79 Å². The van der Waals surface area contributed by atoms with Gasteiger partial charge in [-0.05, 0) is 11.6 Å². The third-order valence-corrected chi connectivity index (χ3v) is 3.46. The summed E-state index contributed by atoms with van der Waals surface area (Å²) in [5, 5.41) is 6.76. The molecule has 0 unspecified atom stereocenters. The maximum Gasteiger partial charge on any atom is 0.321 e. The molecule has 1 aromatic rings. The molecule has 1 aliphatic rings. The van der Waals surface area contributed by atoms with Crippen LogP contribution >= 0.6 is 23.4 Å². The zero-order valence-corrected chi connectivity index (χ0v) is 10.6. The standard InChI is InChI=1S/C11H12ClN3OS/c12-9-4-2-1-3-8(9)7-14-10(16)15-11-13-5-6-17-11/h1-4H,5-7H2,(H2,13,14,15,16). The van der Waals surface area contributed by atoms with Gasteiger partial charge in [0.25, 0.3) is 0 Å². The van der Waals surface area contributed by atoms with Crippen LogP contribution in [-0.2, 0) is 6.54 Å². The maximum atomic E-state index is 11.5. The first kappa shape index (κ1) is 12.3. The van der Waals surface area contributed by atoms with E-state index >= 15 is 0 Å². The van der Waals surface area contributed by atoms with Gasteiger partial charge in [0.15, 0.2) is 5.17 Å². The van der Waals surface area contributed by atoms with Gasteiger partial charge in [-0.1, -0.05) is 41.6 Å².